The van der Waals surface area contributed by atoms with Gasteiger partial charge in [0.1, 0.15) is 11.7 Å². The molecule has 5 aromatic rings. The Hall–Kier alpha value is -4.55. The number of aryl methyl sites for hydroxylation is 1. The van der Waals surface area contributed by atoms with Crippen LogP contribution in [0.5, 0.6) is 0 Å². The molecule has 1 atom stereocenters. The number of amides is 1. The van der Waals surface area contributed by atoms with E-state index >= 15 is 0 Å². The molecular formula is C34H28ClNO5. The third-order valence-electron chi connectivity index (χ3n) is 7.84. The second-order valence-corrected chi connectivity index (χ2v) is 10.9. The number of carbonyl (C=O) groups excluding carboxylic acids is 1. The van der Waals surface area contributed by atoms with E-state index in [1.165, 1.54) is 0 Å². The number of benzene rings is 4. The smallest absolute Gasteiger partial charge is 0.412 e. The second kappa shape index (κ2) is 10.5. The molecule has 1 aromatic heterocycles. The largest absolute Gasteiger partial charge is 0.481 e. The zero-order chi connectivity index (χ0) is 28.7. The average molecular weight is 566 g/mol. The normalized spacial score (nSPS) is 14.4. The van der Waals surface area contributed by atoms with Crippen LogP contribution in [0.4, 0.5) is 10.5 Å². The topological polar surface area (TPSA) is 88.8 Å². The first kappa shape index (κ1) is 26.7. The molecule has 6 nitrogen and oxygen atoms in total. The van der Waals surface area contributed by atoms with Gasteiger partial charge in [0.15, 0.2) is 5.76 Å². The summed E-state index contributed by atoms with van der Waals surface area (Å²) in [5.74, 6) is -0.238. The predicted molar refractivity (Wildman–Crippen MR) is 160 cm³/mol. The number of rotatable bonds is 7. The Balaban J connectivity index is 1.28. The molecule has 0 bridgehead atoms. The van der Waals surface area contributed by atoms with Crippen LogP contribution in [-0.4, -0.2) is 17.2 Å². The highest BCUT2D eigenvalue weighted by Gasteiger charge is 2.51. The van der Waals surface area contributed by atoms with Gasteiger partial charge in [0, 0.05) is 21.5 Å². The van der Waals surface area contributed by atoms with Crippen molar-refractivity contribution in [1.29, 1.82) is 0 Å². The number of fused-ring (bicyclic) bond motifs is 1. The van der Waals surface area contributed by atoms with E-state index in [2.05, 4.69) is 5.32 Å². The Bertz CT molecular complexity index is 1770. The maximum absolute atomic E-state index is 13.0. The van der Waals surface area contributed by atoms with E-state index in [0.717, 1.165) is 38.8 Å². The summed E-state index contributed by atoms with van der Waals surface area (Å²) in [6.45, 7) is 3.73. The van der Waals surface area contributed by atoms with Crippen LogP contribution in [0.3, 0.4) is 0 Å². The molecule has 1 aliphatic rings. The van der Waals surface area contributed by atoms with Crippen molar-refractivity contribution >= 4 is 40.3 Å². The lowest BCUT2D eigenvalue weighted by Gasteiger charge is -2.15. The summed E-state index contributed by atoms with van der Waals surface area (Å²) in [7, 11) is 0. The minimum Gasteiger partial charge on any atom is -0.481 e. The number of anilines is 1. The summed E-state index contributed by atoms with van der Waals surface area (Å²) >= 11 is 6.30. The summed E-state index contributed by atoms with van der Waals surface area (Å²) < 4.78 is 12.0. The molecule has 4 aromatic carbocycles. The number of hydrogen-bond acceptors (Lipinski definition) is 4. The van der Waals surface area contributed by atoms with Crippen molar-refractivity contribution in [1.82, 2.24) is 0 Å². The number of furan rings is 1. The standard InChI is InChI=1S/C34H28ClNO5/c1-20-6-5-8-27-29(36-33(39)40-21(2)26-7-3-4-9-28(26)35)31(41-30(20)27)24-12-10-22(11-13-24)23-14-16-25(17-15-23)34(18-19-34)32(37)38/h3-17,21H,18-19H2,1-2H3,(H,36,39)(H,37,38). The van der Waals surface area contributed by atoms with E-state index in [4.69, 9.17) is 20.8 Å². The van der Waals surface area contributed by atoms with Gasteiger partial charge in [-0.15, -0.1) is 0 Å². The molecule has 0 radical (unpaired) electrons. The number of carbonyl (C=O) groups is 2. The van der Waals surface area contributed by atoms with Crippen LogP contribution in [0.2, 0.25) is 5.02 Å². The monoisotopic (exact) mass is 565 g/mol. The minimum absolute atomic E-state index is 0.524. The number of nitrogens with one attached hydrogen (secondary N) is 1. The minimum atomic E-state index is -0.762. The highest BCUT2D eigenvalue weighted by Crippen LogP contribution is 2.48. The molecule has 1 saturated carbocycles. The van der Waals surface area contributed by atoms with Crippen LogP contribution in [0, 0.1) is 6.92 Å². The average Bonchev–Trinajstić information content (AvgIpc) is 3.71. The maximum Gasteiger partial charge on any atom is 0.412 e. The van der Waals surface area contributed by atoms with Crippen LogP contribution >= 0.6 is 11.6 Å². The molecule has 0 saturated heterocycles. The van der Waals surface area contributed by atoms with Crippen molar-refractivity contribution in [2.75, 3.05) is 5.32 Å². The SMILES string of the molecule is Cc1cccc2c(NC(=O)OC(C)c3ccccc3Cl)c(-c3ccc(-c4ccc(C5(C(=O)O)CC5)cc4)cc3)oc12. The van der Waals surface area contributed by atoms with Gasteiger partial charge in [-0.25, -0.2) is 4.79 Å². The molecule has 2 N–H and O–H groups in total. The molecule has 1 fully saturated rings. The van der Waals surface area contributed by atoms with Crippen molar-refractivity contribution in [3.05, 3.63) is 113 Å². The van der Waals surface area contributed by atoms with E-state index in [1.54, 1.807) is 13.0 Å². The van der Waals surface area contributed by atoms with Gasteiger partial charge in [-0.3, -0.25) is 10.1 Å². The highest BCUT2D eigenvalue weighted by molar-refractivity contribution is 6.31. The molecule has 1 unspecified atom stereocenters. The van der Waals surface area contributed by atoms with Gasteiger partial charge < -0.3 is 14.3 Å². The van der Waals surface area contributed by atoms with Crippen LogP contribution in [0.1, 0.15) is 42.6 Å². The third-order valence-corrected chi connectivity index (χ3v) is 8.19. The lowest BCUT2D eigenvalue weighted by Crippen LogP contribution is -2.19. The van der Waals surface area contributed by atoms with Crippen molar-refractivity contribution in [3.8, 4) is 22.5 Å². The van der Waals surface area contributed by atoms with Crippen molar-refractivity contribution < 1.29 is 23.8 Å². The van der Waals surface area contributed by atoms with E-state index in [-0.39, 0.29) is 0 Å². The second-order valence-electron chi connectivity index (χ2n) is 10.5. The molecule has 1 aliphatic carbocycles. The van der Waals surface area contributed by atoms with Gasteiger partial charge in [-0.05, 0) is 61.1 Å². The molecule has 1 heterocycles. The Morgan fingerprint density at radius 3 is 2.17 bits per heavy atom. The van der Waals surface area contributed by atoms with E-state index in [0.29, 0.717) is 34.9 Å². The van der Waals surface area contributed by atoms with Gasteiger partial charge in [0.2, 0.25) is 0 Å². The number of halogens is 1. The van der Waals surface area contributed by atoms with Gasteiger partial charge in [-0.1, -0.05) is 90.5 Å². The first-order valence-corrected chi connectivity index (χ1v) is 13.8. The fourth-order valence-electron chi connectivity index (χ4n) is 5.29. The summed E-state index contributed by atoms with van der Waals surface area (Å²) in [4.78, 5) is 24.7. The Morgan fingerprint density at radius 2 is 1.54 bits per heavy atom. The van der Waals surface area contributed by atoms with Crippen molar-refractivity contribution in [3.63, 3.8) is 0 Å². The lowest BCUT2D eigenvalue weighted by atomic mass is 9.93. The number of aliphatic carboxylic acids is 1. The maximum atomic E-state index is 13.0. The first-order chi connectivity index (χ1) is 19.8. The summed E-state index contributed by atoms with van der Waals surface area (Å²) in [5.41, 5.74) is 5.75. The number of carboxylic acids is 1. The van der Waals surface area contributed by atoms with Gasteiger partial charge in [0.05, 0.1) is 11.1 Å². The zero-order valence-corrected chi connectivity index (χ0v) is 23.4. The van der Waals surface area contributed by atoms with Gasteiger partial charge >= 0.3 is 12.1 Å². The molecule has 7 heteroatoms. The number of ether oxygens (including phenoxy) is 1. The number of para-hydroxylation sites is 1. The summed E-state index contributed by atoms with van der Waals surface area (Å²) in [5, 5.41) is 13.8. The Morgan fingerprint density at radius 1 is 0.902 bits per heavy atom. The molecular weight excluding hydrogens is 538 g/mol. The summed E-state index contributed by atoms with van der Waals surface area (Å²) in [6, 6.07) is 28.6. The zero-order valence-electron chi connectivity index (χ0n) is 22.6. The van der Waals surface area contributed by atoms with Crippen molar-refractivity contribution in [2.24, 2.45) is 0 Å². The summed E-state index contributed by atoms with van der Waals surface area (Å²) in [6.07, 6.45) is 0.184. The molecule has 0 spiro atoms. The van der Waals surface area contributed by atoms with Crippen LogP contribution in [0.15, 0.2) is 95.4 Å². The lowest BCUT2D eigenvalue weighted by molar-refractivity contribution is -0.140. The van der Waals surface area contributed by atoms with E-state index in [9.17, 15) is 14.7 Å². The number of carboxylic acid groups (broad SMARTS) is 1. The fraction of sp³-hybridized carbons (Fsp3) is 0.176. The molecule has 6 rings (SSSR count). The molecule has 1 amide bonds. The quantitative estimate of drug-likeness (QED) is 0.205. The predicted octanol–water partition coefficient (Wildman–Crippen LogP) is 9.15. The molecule has 206 valence electrons. The fourth-order valence-corrected chi connectivity index (χ4v) is 5.58. The van der Waals surface area contributed by atoms with Crippen molar-refractivity contribution in [2.45, 2.75) is 38.2 Å². The third kappa shape index (κ3) is 4.96. The van der Waals surface area contributed by atoms with Crippen LogP contribution in [0.25, 0.3) is 33.4 Å². The first-order valence-electron chi connectivity index (χ1n) is 13.5. The Kier molecular flexibility index (Phi) is 6.80. The van der Waals surface area contributed by atoms with E-state index in [1.807, 2.05) is 91.9 Å². The van der Waals surface area contributed by atoms with Gasteiger partial charge in [-0.2, -0.15) is 0 Å². The van der Waals surface area contributed by atoms with Crippen LogP contribution in [-0.2, 0) is 14.9 Å². The van der Waals surface area contributed by atoms with E-state index < -0.39 is 23.6 Å². The Labute approximate surface area is 242 Å². The number of hydrogen-bond donors (Lipinski definition) is 2. The van der Waals surface area contributed by atoms with Crippen LogP contribution < -0.4 is 5.32 Å². The highest BCUT2D eigenvalue weighted by atomic mass is 35.5. The van der Waals surface area contributed by atoms with Gasteiger partial charge in [0.25, 0.3) is 0 Å². The molecule has 41 heavy (non-hydrogen) atoms. The molecule has 0 aliphatic heterocycles.